The van der Waals surface area contributed by atoms with E-state index in [1.807, 2.05) is 6.07 Å². The third-order valence-electron chi connectivity index (χ3n) is 3.76. The van der Waals surface area contributed by atoms with Crippen LogP contribution in [0.25, 0.3) is 11.1 Å². The normalized spacial score (nSPS) is 9.73. The van der Waals surface area contributed by atoms with Gasteiger partial charge in [0.1, 0.15) is 0 Å². The molecule has 0 aliphatic heterocycles. The van der Waals surface area contributed by atoms with E-state index in [4.69, 9.17) is 0 Å². The molecule has 0 fully saturated rings. The molecule has 0 aromatic heterocycles. The van der Waals surface area contributed by atoms with Crippen LogP contribution in [0, 0.1) is 6.07 Å². The molecule has 1 aliphatic carbocycles. The number of hydrogen-bond acceptors (Lipinski definition) is 0. The van der Waals surface area contributed by atoms with Gasteiger partial charge in [0.05, 0.1) is 0 Å². The van der Waals surface area contributed by atoms with E-state index >= 15 is 0 Å². The van der Waals surface area contributed by atoms with Gasteiger partial charge < -0.3 is 24.8 Å². The summed E-state index contributed by atoms with van der Waals surface area (Å²) in [6.07, 6.45) is 2.21. The van der Waals surface area contributed by atoms with Gasteiger partial charge in [-0.05, 0) is 6.42 Å². The van der Waals surface area contributed by atoms with E-state index in [2.05, 4.69) is 86.7 Å². The zero-order valence-electron chi connectivity index (χ0n) is 15.5. The van der Waals surface area contributed by atoms with Crippen LogP contribution in [0.5, 0.6) is 0 Å². The minimum Gasteiger partial charge on any atom is -1.00 e. The van der Waals surface area contributed by atoms with Crippen molar-refractivity contribution in [2.24, 2.45) is 0 Å². The van der Waals surface area contributed by atoms with Crippen molar-refractivity contribution >= 4 is 5.49 Å². The Bertz CT molecular complexity index is 735. The van der Waals surface area contributed by atoms with Crippen molar-refractivity contribution < 1.29 is 47.8 Å². The Morgan fingerprint density at radius 1 is 1.00 bits per heavy atom. The first-order chi connectivity index (χ1) is 11.6. The van der Waals surface area contributed by atoms with Crippen molar-refractivity contribution in [2.75, 3.05) is 0 Å². The molecule has 3 aromatic rings. The molecule has 0 N–H and O–H groups in total. The van der Waals surface area contributed by atoms with Gasteiger partial charge >= 0.3 is 41.6 Å². The van der Waals surface area contributed by atoms with E-state index in [-0.39, 0.29) is 30.3 Å². The van der Waals surface area contributed by atoms with Crippen LogP contribution in [0.1, 0.15) is 23.6 Å². The standard InChI is InChI=1S/C13H9.C7H9.C2H6Si.2ClH.Hf/c1-3-7-12-10(5-1)9-11-6-2-4-8-13(11)12;1-2-7-5-3-4-6-7;1-3-2;;;/h1-5,7-8H,9H2;3-6H,2H2,1H3;1-2H3;2*1H;/q2*-1;;;;+2/p-2. The molecule has 4 rings (SSSR count). The summed E-state index contributed by atoms with van der Waals surface area (Å²) in [6, 6.07) is 26.5. The molecule has 0 heterocycles. The van der Waals surface area contributed by atoms with Crippen molar-refractivity contribution in [3.63, 3.8) is 0 Å². The monoisotopic (exact) mass is 566 g/mol. The summed E-state index contributed by atoms with van der Waals surface area (Å²) in [4.78, 5) is 0. The van der Waals surface area contributed by atoms with Crippen LogP contribution in [0.15, 0.2) is 66.7 Å². The minimum absolute atomic E-state index is 0. The predicted octanol–water partition coefficient (Wildman–Crippen LogP) is -0.182. The number of hydrogen-bond donors (Lipinski definition) is 0. The zero-order chi connectivity index (χ0) is 17.4. The van der Waals surface area contributed by atoms with Gasteiger partial charge in [-0.2, -0.15) is 47.5 Å². The van der Waals surface area contributed by atoms with Gasteiger partial charge in [-0.25, -0.2) is 12.1 Å². The van der Waals surface area contributed by atoms with Crippen molar-refractivity contribution in [3.05, 3.63) is 89.5 Å². The molecule has 0 atom stereocenters. The van der Waals surface area contributed by atoms with Crippen molar-refractivity contribution in [2.45, 2.75) is 32.9 Å². The number of rotatable bonds is 1. The Labute approximate surface area is 185 Å². The van der Waals surface area contributed by atoms with Crippen LogP contribution >= 0.6 is 0 Å². The summed E-state index contributed by atoms with van der Waals surface area (Å²) < 4.78 is 0. The molecule has 0 bridgehead atoms. The molecule has 0 spiro atoms. The molecule has 0 saturated carbocycles. The van der Waals surface area contributed by atoms with Crippen LogP contribution in [0.2, 0.25) is 13.1 Å². The Morgan fingerprint density at radius 3 is 2.23 bits per heavy atom. The van der Waals surface area contributed by atoms with Crippen LogP contribution in [0.3, 0.4) is 0 Å². The molecule has 0 radical (unpaired) electrons. The average molecular weight is 566 g/mol. The number of halogens is 2. The SMILES string of the molecule is CCc1ccc[cH-]1.C[Si](C)=[Hf+2].[Cl-].[Cl-].[c-]1cccc2c1Cc1ccccc1-2. The summed E-state index contributed by atoms with van der Waals surface area (Å²) in [5.74, 6) is 0. The van der Waals surface area contributed by atoms with Crippen molar-refractivity contribution in [1.82, 2.24) is 0 Å². The predicted molar refractivity (Wildman–Crippen MR) is 102 cm³/mol. The van der Waals surface area contributed by atoms with Gasteiger partial charge in [0.15, 0.2) is 0 Å². The van der Waals surface area contributed by atoms with E-state index in [9.17, 15) is 0 Å². The fourth-order valence-electron chi connectivity index (χ4n) is 2.65. The Morgan fingerprint density at radius 2 is 1.65 bits per heavy atom. The molecule has 0 nitrogen and oxygen atoms in total. The molecule has 4 heteroatoms. The molecular weight excluding hydrogens is 542 g/mol. The van der Waals surface area contributed by atoms with E-state index < -0.39 is 0 Å². The zero-order valence-corrected chi connectivity index (χ0v) is 21.6. The smallest absolute Gasteiger partial charge is 0.0253 e. The number of aryl methyl sites for hydroxylation is 1. The molecule has 1 aliphatic rings. The fourth-order valence-corrected chi connectivity index (χ4v) is 2.65. The molecule has 0 amide bonds. The maximum absolute atomic E-state index is 3.30. The molecule has 3 aromatic carbocycles. The summed E-state index contributed by atoms with van der Waals surface area (Å²) in [7, 11) is 0. The largest absolute Gasteiger partial charge is 1.00 e. The minimum atomic E-state index is 0. The van der Waals surface area contributed by atoms with E-state index in [0.29, 0.717) is 0 Å². The average Bonchev–Trinajstić information content (AvgIpc) is 3.22. The second-order valence-corrected chi connectivity index (χ2v) is 18.8. The maximum atomic E-state index is 3.30. The number of benzene rings is 2. The van der Waals surface area contributed by atoms with Crippen LogP contribution in [0.4, 0.5) is 0 Å². The van der Waals surface area contributed by atoms with E-state index in [0.717, 1.165) is 12.8 Å². The molecule has 26 heavy (non-hydrogen) atoms. The third kappa shape index (κ3) is 8.00. The molecule has 136 valence electrons. The Balaban J connectivity index is 0.000000415. The summed E-state index contributed by atoms with van der Waals surface area (Å²) in [6.45, 7) is 6.82. The van der Waals surface area contributed by atoms with E-state index in [1.54, 1.807) is 0 Å². The molecular formula is C22H24Cl2HfSi-2. The Hall–Kier alpha value is -0.543. The molecule has 0 unspecified atom stereocenters. The second kappa shape index (κ2) is 13.6. The van der Waals surface area contributed by atoms with Gasteiger partial charge in [-0.1, -0.05) is 48.7 Å². The fraction of sp³-hybridized carbons (Fsp3) is 0.227. The van der Waals surface area contributed by atoms with Crippen LogP contribution in [-0.4, -0.2) is 5.49 Å². The van der Waals surface area contributed by atoms with Crippen LogP contribution in [-0.2, 0) is 35.8 Å². The van der Waals surface area contributed by atoms with E-state index in [1.165, 1.54) is 50.8 Å². The van der Waals surface area contributed by atoms with Crippen molar-refractivity contribution in [3.8, 4) is 11.1 Å². The van der Waals surface area contributed by atoms with Gasteiger partial charge in [0.2, 0.25) is 0 Å². The summed E-state index contributed by atoms with van der Waals surface area (Å²) in [5, 5.41) is 0. The van der Waals surface area contributed by atoms with Gasteiger partial charge in [0, 0.05) is 0 Å². The first kappa shape index (κ1) is 25.5. The maximum Gasteiger partial charge on any atom is -0.0253 e. The second-order valence-electron chi connectivity index (χ2n) is 6.04. The van der Waals surface area contributed by atoms with Gasteiger partial charge in [-0.15, -0.1) is 5.56 Å². The topological polar surface area (TPSA) is 0 Å². The first-order valence-electron chi connectivity index (χ1n) is 8.42. The van der Waals surface area contributed by atoms with Gasteiger partial charge in [0.25, 0.3) is 0 Å². The van der Waals surface area contributed by atoms with Crippen molar-refractivity contribution in [1.29, 1.82) is 0 Å². The summed E-state index contributed by atoms with van der Waals surface area (Å²) in [5.41, 5.74) is 7.20. The quantitative estimate of drug-likeness (QED) is 0.222. The Kier molecular flexibility index (Phi) is 13.3. The third-order valence-corrected chi connectivity index (χ3v) is 3.76. The number of fused-ring (bicyclic) bond motifs is 3. The first-order valence-corrected chi connectivity index (χ1v) is 16.3. The molecule has 0 saturated heterocycles. The van der Waals surface area contributed by atoms with Crippen LogP contribution < -0.4 is 24.8 Å². The van der Waals surface area contributed by atoms with Gasteiger partial charge in [-0.3, -0.25) is 0 Å². The summed E-state index contributed by atoms with van der Waals surface area (Å²) >= 11 is 1.45.